The molecule has 2 heterocycles. The summed E-state index contributed by atoms with van der Waals surface area (Å²) in [5, 5.41) is 6.06. The van der Waals surface area contributed by atoms with Crippen LogP contribution in [0.5, 0.6) is 0 Å². The Hall–Kier alpha value is -1.85. The van der Waals surface area contributed by atoms with Crippen LogP contribution in [0.2, 0.25) is 0 Å². The number of nitrogens with zero attached hydrogens (tertiary/aromatic N) is 2. The number of amides is 2. The molecule has 152 valence electrons. The zero-order chi connectivity index (χ0) is 20.4. The van der Waals surface area contributed by atoms with Gasteiger partial charge in [-0.15, -0.1) is 0 Å². The van der Waals surface area contributed by atoms with Crippen LogP contribution in [0.3, 0.4) is 0 Å². The number of hydrogen-bond donors (Lipinski definition) is 1. The van der Waals surface area contributed by atoms with E-state index in [0.29, 0.717) is 30.7 Å². The van der Waals surface area contributed by atoms with E-state index >= 15 is 0 Å². The number of aromatic nitrogens is 1. The molecule has 6 heteroatoms. The Morgan fingerprint density at radius 2 is 2.12 bits per heavy atom. The van der Waals surface area contributed by atoms with Gasteiger partial charge in [-0.1, -0.05) is 39.8 Å². The second-order valence-electron chi connectivity index (χ2n) is 6.39. The van der Waals surface area contributed by atoms with Gasteiger partial charge in [-0.05, 0) is 39.0 Å². The second-order valence-corrected chi connectivity index (χ2v) is 6.39. The van der Waals surface area contributed by atoms with Crippen LogP contribution in [0.1, 0.15) is 72.9 Å². The predicted octanol–water partition coefficient (Wildman–Crippen LogP) is 4.20. The molecular formula is C20H39N3O3. The smallest absolute Gasteiger partial charge is 0.223 e. The first-order valence-corrected chi connectivity index (χ1v) is 9.75. The highest BCUT2D eigenvalue weighted by Crippen LogP contribution is 2.18. The Kier molecular flexibility index (Phi) is 18.2. The van der Waals surface area contributed by atoms with Crippen LogP contribution in [0, 0.1) is 12.8 Å². The molecule has 0 saturated carbocycles. The molecule has 1 atom stereocenters. The maximum atomic E-state index is 11.6. The van der Waals surface area contributed by atoms with Gasteiger partial charge in [0.25, 0.3) is 0 Å². The molecule has 1 aromatic rings. The van der Waals surface area contributed by atoms with E-state index in [1.165, 1.54) is 12.8 Å². The number of rotatable bonds is 5. The van der Waals surface area contributed by atoms with Crippen molar-refractivity contribution in [1.29, 1.82) is 0 Å². The molecule has 0 aromatic carbocycles. The molecule has 0 bridgehead atoms. The lowest BCUT2D eigenvalue weighted by atomic mass is 10.1. The number of carbonyl (C=O) groups is 2. The van der Waals surface area contributed by atoms with Crippen LogP contribution in [0.4, 0.5) is 0 Å². The van der Waals surface area contributed by atoms with Crippen LogP contribution >= 0.6 is 0 Å². The number of hydrogen-bond acceptors (Lipinski definition) is 4. The fourth-order valence-electron chi connectivity index (χ4n) is 2.25. The maximum Gasteiger partial charge on any atom is 0.223 e. The highest BCUT2D eigenvalue weighted by molar-refractivity contribution is 5.76. The van der Waals surface area contributed by atoms with E-state index in [9.17, 15) is 9.59 Å². The summed E-state index contributed by atoms with van der Waals surface area (Å²) >= 11 is 0. The summed E-state index contributed by atoms with van der Waals surface area (Å²) in [4.78, 5) is 23.1. The molecule has 2 amide bonds. The minimum absolute atomic E-state index is 0.343. The van der Waals surface area contributed by atoms with E-state index in [1.54, 1.807) is 12.3 Å². The summed E-state index contributed by atoms with van der Waals surface area (Å²) in [5.74, 6) is 0.834. The summed E-state index contributed by atoms with van der Waals surface area (Å²) in [7, 11) is 0. The van der Waals surface area contributed by atoms with Gasteiger partial charge < -0.3 is 14.7 Å². The third-order valence-electron chi connectivity index (χ3n) is 3.50. The lowest BCUT2D eigenvalue weighted by Gasteiger charge is -2.22. The Bertz CT molecular complexity index is 434. The summed E-state index contributed by atoms with van der Waals surface area (Å²) in [6.45, 7) is 16.0. The zero-order valence-corrected chi connectivity index (χ0v) is 17.7. The Morgan fingerprint density at radius 1 is 1.46 bits per heavy atom. The first kappa shape index (κ1) is 26.4. The van der Waals surface area contributed by atoms with Crippen LogP contribution in [0.25, 0.3) is 0 Å². The normalized spacial score (nSPS) is 14.9. The summed E-state index contributed by atoms with van der Waals surface area (Å²) in [6.07, 6.45) is 6.36. The lowest BCUT2D eigenvalue weighted by molar-refractivity contribution is -0.132. The Morgan fingerprint density at radius 3 is 2.38 bits per heavy atom. The fraction of sp³-hybridized carbons (Fsp3) is 0.750. The molecule has 1 aliphatic heterocycles. The van der Waals surface area contributed by atoms with Gasteiger partial charge in [0.05, 0.1) is 5.69 Å². The molecule has 1 aromatic heterocycles. The van der Waals surface area contributed by atoms with E-state index in [2.05, 4.69) is 35.8 Å². The van der Waals surface area contributed by atoms with Gasteiger partial charge >= 0.3 is 0 Å². The summed E-state index contributed by atoms with van der Waals surface area (Å²) in [5.41, 5.74) is 0.926. The molecule has 1 unspecified atom stereocenters. The average Bonchev–Trinajstić information content (AvgIpc) is 3.26. The molecule has 0 spiro atoms. The van der Waals surface area contributed by atoms with Crippen molar-refractivity contribution in [2.24, 2.45) is 5.92 Å². The molecule has 1 saturated heterocycles. The monoisotopic (exact) mass is 369 g/mol. The van der Waals surface area contributed by atoms with Gasteiger partial charge in [-0.3, -0.25) is 9.59 Å². The number of carbonyl (C=O) groups excluding carboxylic acids is 2. The van der Waals surface area contributed by atoms with Gasteiger partial charge in [0.2, 0.25) is 12.3 Å². The Labute approximate surface area is 159 Å². The quantitative estimate of drug-likeness (QED) is 0.623. The van der Waals surface area contributed by atoms with Crippen molar-refractivity contribution in [2.45, 2.75) is 80.2 Å². The number of nitrogens with one attached hydrogen (secondary N) is 1. The van der Waals surface area contributed by atoms with Crippen LogP contribution in [0.15, 0.2) is 16.9 Å². The van der Waals surface area contributed by atoms with E-state index in [4.69, 9.17) is 0 Å². The fourth-order valence-corrected chi connectivity index (χ4v) is 2.25. The Balaban J connectivity index is 0. The zero-order valence-electron chi connectivity index (χ0n) is 17.7. The van der Waals surface area contributed by atoms with E-state index < -0.39 is 0 Å². The van der Waals surface area contributed by atoms with E-state index in [-0.39, 0.29) is 0 Å². The molecule has 1 aliphatic rings. The summed E-state index contributed by atoms with van der Waals surface area (Å²) in [6, 6.07) is 2.29. The van der Waals surface area contributed by atoms with Crippen LogP contribution in [-0.2, 0) is 9.59 Å². The molecule has 6 nitrogen and oxygen atoms in total. The molecule has 1 fully saturated rings. The first-order chi connectivity index (χ1) is 12.4. The molecule has 1 N–H and O–H groups in total. The maximum absolute atomic E-state index is 11.6. The number of likely N-dealkylation sites (tertiary alicyclic amines) is 1. The minimum Gasteiger partial charge on any atom is -0.365 e. The molecule has 2 rings (SSSR count). The van der Waals surface area contributed by atoms with E-state index in [0.717, 1.165) is 25.2 Å². The van der Waals surface area contributed by atoms with Gasteiger partial charge in [0.1, 0.15) is 6.26 Å². The van der Waals surface area contributed by atoms with Crippen molar-refractivity contribution in [2.75, 3.05) is 13.1 Å². The number of aryl methyl sites for hydroxylation is 1. The highest BCUT2D eigenvalue weighted by atomic mass is 16.5. The van der Waals surface area contributed by atoms with Crippen molar-refractivity contribution in [3.8, 4) is 0 Å². The van der Waals surface area contributed by atoms with Crippen LogP contribution < -0.4 is 5.32 Å². The highest BCUT2D eigenvalue weighted by Gasteiger charge is 2.24. The molecule has 0 radical (unpaired) electrons. The van der Waals surface area contributed by atoms with Crippen molar-refractivity contribution in [1.82, 2.24) is 15.4 Å². The average molecular weight is 370 g/mol. The second kappa shape index (κ2) is 18.0. The standard InChI is InChI=1S/C10H19NO.C4H5NO.C4H9NO.C2H6/c1-8(2)7-10(12)11-6-4-5-9(11)3;1-4-2-3-6-5-4;1-2-3-5-4-6;1-2/h8-9H,4-7H2,1-3H3;2-3H,1H3;4H,2-3H2,1H3,(H,5,6);1-2H3. The van der Waals surface area contributed by atoms with Crippen molar-refractivity contribution in [3.05, 3.63) is 18.0 Å². The third kappa shape index (κ3) is 14.5. The van der Waals surface area contributed by atoms with Crippen LogP contribution in [-0.4, -0.2) is 41.5 Å². The molecular weight excluding hydrogens is 330 g/mol. The van der Waals surface area contributed by atoms with Gasteiger partial charge in [0.15, 0.2) is 0 Å². The topological polar surface area (TPSA) is 75.4 Å². The molecule has 26 heavy (non-hydrogen) atoms. The van der Waals surface area contributed by atoms with E-state index in [1.807, 2.05) is 32.6 Å². The van der Waals surface area contributed by atoms with Crippen molar-refractivity contribution < 1.29 is 14.1 Å². The minimum atomic E-state index is 0.343. The molecule has 0 aliphatic carbocycles. The first-order valence-electron chi connectivity index (χ1n) is 9.75. The van der Waals surface area contributed by atoms with Gasteiger partial charge in [0, 0.05) is 31.6 Å². The van der Waals surface area contributed by atoms with Crippen molar-refractivity contribution in [3.63, 3.8) is 0 Å². The summed E-state index contributed by atoms with van der Waals surface area (Å²) < 4.78 is 4.46. The van der Waals surface area contributed by atoms with Gasteiger partial charge in [-0.25, -0.2) is 0 Å². The lowest BCUT2D eigenvalue weighted by Crippen LogP contribution is -2.34. The third-order valence-corrected chi connectivity index (χ3v) is 3.50. The SMILES string of the molecule is CC.CC(C)CC(=O)N1CCCC1C.CCCNC=O.Cc1ccon1. The van der Waals surface area contributed by atoms with Crippen molar-refractivity contribution >= 4 is 12.3 Å². The largest absolute Gasteiger partial charge is 0.365 e. The van der Waals surface area contributed by atoms with Gasteiger partial charge in [-0.2, -0.15) is 0 Å². The predicted molar refractivity (Wildman–Crippen MR) is 107 cm³/mol.